The fourth-order valence-electron chi connectivity index (χ4n) is 1.71. The Bertz CT molecular complexity index is 659. The summed E-state index contributed by atoms with van der Waals surface area (Å²) in [5.41, 5.74) is 0.975. The molecule has 0 aliphatic rings. The van der Waals surface area contributed by atoms with Crippen LogP contribution >= 0.6 is 10.7 Å². The fraction of sp³-hybridized carbons (Fsp3) is 0.400. The van der Waals surface area contributed by atoms with Crippen molar-refractivity contribution in [2.45, 2.75) is 24.9 Å². The lowest BCUT2D eigenvalue weighted by atomic mass is 10.3. The first kappa shape index (κ1) is 13.1. The lowest BCUT2D eigenvalue weighted by molar-refractivity contribution is 0.606. The minimum Gasteiger partial charge on any atom is -0.329 e. The first-order chi connectivity index (χ1) is 8.40. The van der Waals surface area contributed by atoms with Gasteiger partial charge in [-0.25, -0.2) is 13.4 Å². The van der Waals surface area contributed by atoms with Crippen molar-refractivity contribution in [1.82, 2.24) is 19.3 Å². The second-order valence-corrected chi connectivity index (χ2v) is 6.45. The summed E-state index contributed by atoms with van der Waals surface area (Å²) in [6, 6.07) is 0. The summed E-state index contributed by atoms with van der Waals surface area (Å²) in [6.07, 6.45) is 5.68. The SMILES string of the molecule is CCc1nc(S(=O)(=O)Cl)cn1Cc1cnn(C)c1. The first-order valence-corrected chi connectivity index (χ1v) is 7.69. The molecule has 0 radical (unpaired) electrons. The van der Waals surface area contributed by atoms with Gasteiger partial charge in [0.15, 0.2) is 5.03 Å². The van der Waals surface area contributed by atoms with Gasteiger partial charge in [0.1, 0.15) is 5.82 Å². The Morgan fingerprint density at radius 2 is 2.11 bits per heavy atom. The van der Waals surface area contributed by atoms with Gasteiger partial charge in [-0.3, -0.25) is 4.68 Å². The lowest BCUT2D eigenvalue weighted by Gasteiger charge is -2.03. The van der Waals surface area contributed by atoms with Crippen LogP contribution in [0.5, 0.6) is 0 Å². The molecule has 8 heteroatoms. The number of halogens is 1. The van der Waals surface area contributed by atoms with E-state index in [4.69, 9.17) is 10.7 Å². The lowest BCUT2D eigenvalue weighted by Crippen LogP contribution is -2.02. The molecule has 6 nitrogen and oxygen atoms in total. The fourth-order valence-corrected chi connectivity index (χ4v) is 2.41. The van der Waals surface area contributed by atoms with Crippen LogP contribution in [0.1, 0.15) is 18.3 Å². The van der Waals surface area contributed by atoms with Crippen LogP contribution in [-0.4, -0.2) is 27.7 Å². The van der Waals surface area contributed by atoms with E-state index in [0.717, 1.165) is 5.56 Å². The van der Waals surface area contributed by atoms with Gasteiger partial charge in [0.2, 0.25) is 0 Å². The van der Waals surface area contributed by atoms with E-state index in [1.165, 1.54) is 6.20 Å². The summed E-state index contributed by atoms with van der Waals surface area (Å²) in [5.74, 6) is 0.679. The summed E-state index contributed by atoms with van der Waals surface area (Å²) in [5, 5.41) is 3.96. The van der Waals surface area contributed by atoms with Crippen LogP contribution in [0.3, 0.4) is 0 Å². The van der Waals surface area contributed by atoms with Gasteiger partial charge >= 0.3 is 0 Å². The molecule has 0 atom stereocenters. The van der Waals surface area contributed by atoms with Crippen molar-refractivity contribution in [2.24, 2.45) is 7.05 Å². The molecule has 0 amide bonds. The smallest absolute Gasteiger partial charge is 0.280 e. The van der Waals surface area contributed by atoms with E-state index >= 15 is 0 Å². The van der Waals surface area contributed by atoms with Gasteiger partial charge in [-0.15, -0.1) is 0 Å². The van der Waals surface area contributed by atoms with E-state index in [0.29, 0.717) is 18.8 Å². The molecule has 0 unspecified atom stereocenters. The van der Waals surface area contributed by atoms with Crippen molar-refractivity contribution < 1.29 is 8.42 Å². The Morgan fingerprint density at radius 1 is 1.39 bits per heavy atom. The molecule has 2 aromatic heterocycles. The predicted octanol–water partition coefficient (Wildman–Crippen LogP) is 1.15. The average molecular weight is 289 g/mol. The molecular weight excluding hydrogens is 276 g/mol. The molecule has 0 N–H and O–H groups in total. The molecule has 2 aromatic rings. The third-order valence-electron chi connectivity index (χ3n) is 2.51. The Hall–Kier alpha value is -1.34. The van der Waals surface area contributed by atoms with Gasteiger partial charge in [0.25, 0.3) is 9.05 Å². The number of aryl methyl sites for hydroxylation is 2. The maximum absolute atomic E-state index is 11.2. The number of aromatic nitrogens is 4. The molecule has 18 heavy (non-hydrogen) atoms. The van der Waals surface area contributed by atoms with Gasteiger partial charge in [-0.05, 0) is 0 Å². The highest BCUT2D eigenvalue weighted by Crippen LogP contribution is 2.16. The largest absolute Gasteiger partial charge is 0.329 e. The molecule has 0 aliphatic carbocycles. The van der Waals surface area contributed by atoms with Crippen LogP contribution in [0, 0.1) is 0 Å². The molecule has 0 aromatic carbocycles. The van der Waals surface area contributed by atoms with Gasteiger partial charge in [-0.2, -0.15) is 5.10 Å². The predicted molar refractivity (Wildman–Crippen MR) is 67.0 cm³/mol. The minimum absolute atomic E-state index is 0.107. The monoisotopic (exact) mass is 288 g/mol. The topological polar surface area (TPSA) is 69.8 Å². The first-order valence-electron chi connectivity index (χ1n) is 5.38. The van der Waals surface area contributed by atoms with Crippen molar-refractivity contribution in [3.63, 3.8) is 0 Å². The van der Waals surface area contributed by atoms with E-state index in [1.807, 2.05) is 20.2 Å². The molecular formula is C10H13ClN4O2S. The minimum atomic E-state index is -3.78. The summed E-state index contributed by atoms with van der Waals surface area (Å²) in [4.78, 5) is 4.02. The molecule has 2 heterocycles. The van der Waals surface area contributed by atoms with Crippen LogP contribution < -0.4 is 0 Å². The highest BCUT2D eigenvalue weighted by atomic mass is 35.7. The van der Waals surface area contributed by atoms with Crippen LogP contribution in [0.2, 0.25) is 0 Å². The normalized spacial score (nSPS) is 11.9. The number of imidazole rings is 1. The zero-order chi connectivity index (χ0) is 13.3. The van der Waals surface area contributed by atoms with E-state index < -0.39 is 9.05 Å². The molecule has 0 saturated carbocycles. The second kappa shape index (κ2) is 4.74. The van der Waals surface area contributed by atoms with Gasteiger partial charge < -0.3 is 4.57 Å². The Kier molecular flexibility index (Phi) is 3.45. The molecule has 98 valence electrons. The number of hydrogen-bond donors (Lipinski definition) is 0. The summed E-state index contributed by atoms with van der Waals surface area (Å²) < 4.78 is 25.9. The zero-order valence-corrected chi connectivity index (χ0v) is 11.6. The van der Waals surface area contributed by atoms with Crippen molar-refractivity contribution in [3.05, 3.63) is 30.0 Å². The maximum atomic E-state index is 11.2. The zero-order valence-electron chi connectivity index (χ0n) is 10.0. The Morgan fingerprint density at radius 3 is 2.61 bits per heavy atom. The molecule has 2 rings (SSSR count). The molecule has 0 fully saturated rings. The van der Waals surface area contributed by atoms with E-state index in [9.17, 15) is 8.42 Å². The number of rotatable bonds is 4. The summed E-state index contributed by atoms with van der Waals surface area (Å²) in [6.45, 7) is 2.43. The van der Waals surface area contributed by atoms with Crippen molar-refractivity contribution in [3.8, 4) is 0 Å². The number of hydrogen-bond acceptors (Lipinski definition) is 4. The third kappa shape index (κ3) is 2.73. The quantitative estimate of drug-likeness (QED) is 0.792. The molecule has 0 spiro atoms. The van der Waals surface area contributed by atoms with E-state index in [1.54, 1.807) is 15.4 Å². The highest BCUT2D eigenvalue weighted by molar-refractivity contribution is 8.13. The standard InChI is InChI=1S/C10H13ClN4O2S/c1-3-9-13-10(18(11,16)17)7-15(9)6-8-4-12-14(2)5-8/h4-5,7H,3,6H2,1-2H3. The van der Waals surface area contributed by atoms with Crippen LogP contribution in [0.4, 0.5) is 0 Å². The molecule has 0 bridgehead atoms. The van der Waals surface area contributed by atoms with Gasteiger partial charge in [-0.1, -0.05) is 6.92 Å². The Balaban J connectivity index is 2.35. The van der Waals surface area contributed by atoms with Crippen molar-refractivity contribution in [1.29, 1.82) is 0 Å². The maximum Gasteiger partial charge on any atom is 0.280 e. The van der Waals surface area contributed by atoms with Crippen molar-refractivity contribution >= 4 is 19.7 Å². The second-order valence-electron chi connectivity index (χ2n) is 3.94. The highest BCUT2D eigenvalue weighted by Gasteiger charge is 2.17. The van der Waals surface area contributed by atoms with E-state index in [2.05, 4.69) is 10.1 Å². The average Bonchev–Trinajstić information content (AvgIpc) is 2.85. The summed E-state index contributed by atoms with van der Waals surface area (Å²) in [7, 11) is 3.33. The van der Waals surface area contributed by atoms with Crippen molar-refractivity contribution in [2.75, 3.05) is 0 Å². The number of nitrogens with zero attached hydrogens (tertiary/aromatic N) is 4. The summed E-state index contributed by atoms with van der Waals surface area (Å²) >= 11 is 0. The van der Waals surface area contributed by atoms with Crippen LogP contribution in [0.15, 0.2) is 23.6 Å². The van der Waals surface area contributed by atoms with Gasteiger partial charge in [0, 0.05) is 42.1 Å². The molecule has 0 aliphatic heterocycles. The van der Waals surface area contributed by atoms with Crippen LogP contribution in [-0.2, 0) is 29.1 Å². The Labute approximate surface area is 110 Å². The van der Waals surface area contributed by atoms with Gasteiger partial charge in [0.05, 0.1) is 12.7 Å². The van der Waals surface area contributed by atoms with Crippen LogP contribution in [0.25, 0.3) is 0 Å². The third-order valence-corrected chi connectivity index (χ3v) is 3.68. The molecule has 0 saturated heterocycles. The van der Waals surface area contributed by atoms with E-state index in [-0.39, 0.29) is 5.03 Å².